The number of nitrogens with zero attached hydrogens (tertiary/aromatic N) is 2. The van der Waals surface area contributed by atoms with Gasteiger partial charge in [-0.2, -0.15) is 0 Å². The molecule has 0 amide bonds. The molecule has 0 aromatic heterocycles. The Labute approximate surface area is 150 Å². The molecular formula is C18H29ClN4O. The molecule has 0 bridgehead atoms. The Kier molecular flexibility index (Phi) is 6.90. The molecule has 0 aliphatic carbocycles. The summed E-state index contributed by atoms with van der Waals surface area (Å²) in [5.74, 6) is 0.801. The Morgan fingerprint density at radius 3 is 2.67 bits per heavy atom. The van der Waals surface area contributed by atoms with Crippen molar-refractivity contribution in [3.05, 3.63) is 34.9 Å². The van der Waals surface area contributed by atoms with Gasteiger partial charge in [-0.05, 0) is 51.6 Å². The zero-order chi connectivity index (χ0) is 17.6. The van der Waals surface area contributed by atoms with E-state index in [0.29, 0.717) is 0 Å². The summed E-state index contributed by atoms with van der Waals surface area (Å²) < 4.78 is 5.53. The topological polar surface area (TPSA) is 48.9 Å². The summed E-state index contributed by atoms with van der Waals surface area (Å²) in [4.78, 5) is 6.66. The summed E-state index contributed by atoms with van der Waals surface area (Å²) in [5, 5.41) is 7.67. The molecule has 1 atom stereocenters. The van der Waals surface area contributed by atoms with Crippen LogP contribution in [0.15, 0.2) is 29.3 Å². The van der Waals surface area contributed by atoms with Crippen LogP contribution in [0.5, 0.6) is 0 Å². The maximum Gasteiger partial charge on any atom is 0.191 e. The molecule has 1 unspecified atom stereocenters. The maximum absolute atomic E-state index is 6.08. The first-order chi connectivity index (χ1) is 11.5. The van der Waals surface area contributed by atoms with Crippen molar-refractivity contribution < 1.29 is 4.74 Å². The fraction of sp³-hybridized carbons (Fsp3) is 0.611. The number of halogens is 1. The lowest BCUT2D eigenvalue weighted by Gasteiger charge is -2.43. The van der Waals surface area contributed by atoms with Crippen molar-refractivity contribution >= 4 is 17.6 Å². The number of likely N-dealkylation sites (N-methyl/N-ethyl adjacent to an activating group) is 1. The third kappa shape index (κ3) is 4.85. The van der Waals surface area contributed by atoms with E-state index in [1.165, 1.54) is 0 Å². The third-order valence-electron chi connectivity index (χ3n) is 4.88. The van der Waals surface area contributed by atoms with E-state index in [0.717, 1.165) is 49.1 Å². The Hall–Kier alpha value is -1.30. The van der Waals surface area contributed by atoms with Crippen molar-refractivity contribution in [1.82, 2.24) is 15.5 Å². The van der Waals surface area contributed by atoms with Crippen molar-refractivity contribution in [3.8, 4) is 0 Å². The number of guanidine groups is 1. The standard InChI is InChI=1S/C18H29ClN4O/c1-14(15-6-5-7-16(19)12-15)22-17(20-2)21-13-18(23(3)4)8-10-24-11-9-18/h5-7,12,14H,8-11,13H2,1-4H3,(H2,20,21,22). The van der Waals surface area contributed by atoms with E-state index in [1.807, 2.05) is 18.2 Å². The largest absolute Gasteiger partial charge is 0.381 e. The van der Waals surface area contributed by atoms with Gasteiger partial charge in [0, 0.05) is 37.4 Å². The minimum atomic E-state index is 0.106. The molecule has 5 nitrogen and oxygen atoms in total. The summed E-state index contributed by atoms with van der Waals surface area (Å²) in [5.41, 5.74) is 1.24. The van der Waals surface area contributed by atoms with E-state index in [9.17, 15) is 0 Å². The molecular weight excluding hydrogens is 324 g/mol. The molecule has 1 aliphatic heterocycles. The van der Waals surface area contributed by atoms with E-state index in [1.54, 1.807) is 7.05 Å². The zero-order valence-electron chi connectivity index (χ0n) is 15.1. The molecule has 6 heteroatoms. The molecule has 2 N–H and O–H groups in total. The normalized spacial score (nSPS) is 19.2. The van der Waals surface area contributed by atoms with Crippen molar-refractivity contribution in [2.24, 2.45) is 4.99 Å². The highest BCUT2D eigenvalue weighted by Crippen LogP contribution is 2.25. The van der Waals surface area contributed by atoms with Gasteiger partial charge in [0.05, 0.1) is 6.04 Å². The lowest BCUT2D eigenvalue weighted by molar-refractivity contribution is -0.00502. The van der Waals surface area contributed by atoms with Crippen LogP contribution in [0.3, 0.4) is 0 Å². The molecule has 2 rings (SSSR count). The van der Waals surface area contributed by atoms with Gasteiger partial charge >= 0.3 is 0 Å². The highest BCUT2D eigenvalue weighted by molar-refractivity contribution is 6.30. The Morgan fingerprint density at radius 2 is 2.08 bits per heavy atom. The van der Waals surface area contributed by atoms with Crippen molar-refractivity contribution in [3.63, 3.8) is 0 Å². The predicted octanol–water partition coefficient (Wildman–Crippen LogP) is 2.68. The van der Waals surface area contributed by atoms with Gasteiger partial charge in [-0.3, -0.25) is 4.99 Å². The maximum atomic E-state index is 6.08. The molecule has 134 valence electrons. The van der Waals surface area contributed by atoms with Crippen LogP contribution < -0.4 is 10.6 Å². The highest BCUT2D eigenvalue weighted by Gasteiger charge is 2.34. The van der Waals surface area contributed by atoms with Gasteiger partial charge in [0.2, 0.25) is 0 Å². The van der Waals surface area contributed by atoms with Crippen LogP contribution in [-0.4, -0.2) is 57.3 Å². The number of benzene rings is 1. The molecule has 1 aromatic rings. The van der Waals surface area contributed by atoms with E-state index in [2.05, 4.69) is 47.6 Å². The molecule has 0 spiro atoms. The molecule has 1 fully saturated rings. The second-order valence-electron chi connectivity index (χ2n) is 6.58. The second-order valence-corrected chi connectivity index (χ2v) is 7.01. The zero-order valence-corrected chi connectivity index (χ0v) is 15.9. The molecule has 1 aromatic carbocycles. The van der Waals surface area contributed by atoms with Gasteiger partial charge in [0.25, 0.3) is 0 Å². The van der Waals surface area contributed by atoms with E-state index >= 15 is 0 Å². The molecule has 1 saturated heterocycles. The number of hydrogen-bond acceptors (Lipinski definition) is 3. The summed E-state index contributed by atoms with van der Waals surface area (Å²) in [6.07, 6.45) is 2.04. The first-order valence-corrected chi connectivity index (χ1v) is 8.82. The van der Waals surface area contributed by atoms with Gasteiger partial charge in [-0.1, -0.05) is 23.7 Å². The monoisotopic (exact) mass is 352 g/mol. The van der Waals surface area contributed by atoms with Crippen LogP contribution in [0.2, 0.25) is 5.02 Å². The lowest BCUT2D eigenvalue weighted by atomic mass is 9.88. The summed E-state index contributed by atoms with van der Waals surface area (Å²) in [6.45, 7) is 4.57. The number of rotatable bonds is 5. The summed E-state index contributed by atoms with van der Waals surface area (Å²) in [6, 6.07) is 8.02. The van der Waals surface area contributed by atoms with Crippen LogP contribution in [0, 0.1) is 0 Å². The molecule has 1 heterocycles. The van der Waals surface area contributed by atoms with Gasteiger partial charge < -0.3 is 20.3 Å². The van der Waals surface area contributed by atoms with Crippen LogP contribution in [0.4, 0.5) is 0 Å². The molecule has 0 saturated carbocycles. The molecule has 1 aliphatic rings. The predicted molar refractivity (Wildman–Crippen MR) is 101 cm³/mol. The average molecular weight is 353 g/mol. The van der Waals surface area contributed by atoms with Gasteiger partial charge in [-0.15, -0.1) is 0 Å². The smallest absolute Gasteiger partial charge is 0.191 e. The van der Waals surface area contributed by atoms with Crippen molar-refractivity contribution in [1.29, 1.82) is 0 Å². The van der Waals surface area contributed by atoms with Crippen LogP contribution in [0.25, 0.3) is 0 Å². The minimum absolute atomic E-state index is 0.106. The van der Waals surface area contributed by atoms with Gasteiger partial charge in [-0.25, -0.2) is 0 Å². The Morgan fingerprint density at radius 1 is 1.38 bits per heavy atom. The van der Waals surface area contributed by atoms with E-state index in [4.69, 9.17) is 16.3 Å². The fourth-order valence-corrected chi connectivity index (χ4v) is 3.24. The van der Waals surface area contributed by atoms with Gasteiger partial charge in [0.1, 0.15) is 0 Å². The highest BCUT2D eigenvalue weighted by atomic mass is 35.5. The average Bonchev–Trinajstić information content (AvgIpc) is 2.59. The number of ether oxygens (including phenoxy) is 1. The number of nitrogens with one attached hydrogen (secondary N) is 2. The first-order valence-electron chi connectivity index (χ1n) is 8.45. The summed E-state index contributed by atoms with van der Waals surface area (Å²) >= 11 is 6.08. The van der Waals surface area contributed by atoms with Crippen LogP contribution >= 0.6 is 11.6 Å². The second kappa shape index (κ2) is 8.70. The Bertz CT molecular complexity index is 556. The quantitative estimate of drug-likeness (QED) is 0.632. The third-order valence-corrected chi connectivity index (χ3v) is 5.12. The first kappa shape index (κ1) is 19.0. The lowest BCUT2D eigenvalue weighted by Crippen LogP contribution is -2.57. The van der Waals surface area contributed by atoms with Crippen molar-refractivity contribution in [2.75, 3.05) is 40.9 Å². The van der Waals surface area contributed by atoms with Crippen molar-refractivity contribution in [2.45, 2.75) is 31.3 Å². The van der Waals surface area contributed by atoms with Crippen LogP contribution in [0.1, 0.15) is 31.4 Å². The van der Waals surface area contributed by atoms with E-state index < -0.39 is 0 Å². The minimum Gasteiger partial charge on any atom is -0.381 e. The summed E-state index contributed by atoms with van der Waals surface area (Å²) in [7, 11) is 6.07. The van der Waals surface area contributed by atoms with E-state index in [-0.39, 0.29) is 11.6 Å². The SMILES string of the molecule is CN=C(NCC1(N(C)C)CCOCC1)NC(C)c1cccc(Cl)c1. The molecule has 0 radical (unpaired) electrons. The fourth-order valence-electron chi connectivity index (χ4n) is 3.04. The molecule has 24 heavy (non-hydrogen) atoms. The number of hydrogen-bond donors (Lipinski definition) is 2. The number of aliphatic imine (C=N–C) groups is 1. The van der Waals surface area contributed by atoms with Crippen LogP contribution in [-0.2, 0) is 4.74 Å². The Balaban J connectivity index is 1.96. The van der Waals surface area contributed by atoms with Gasteiger partial charge in [0.15, 0.2) is 5.96 Å².